The molecule has 0 heterocycles. The summed E-state index contributed by atoms with van der Waals surface area (Å²) in [6.07, 6.45) is -0.0294. The minimum Gasteiger partial charge on any atom is -0.508 e. The lowest BCUT2D eigenvalue weighted by molar-refractivity contribution is 0.0954. The van der Waals surface area contributed by atoms with E-state index in [9.17, 15) is 9.90 Å². The van der Waals surface area contributed by atoms with Crippen molar-refractivity contribution in [2.45, 2.75) is 6.42 Å². The van der Waals surface area contributed by atoms with Crippen LogP contribution in [0.2, 0.25) is 0 Å². The minimum absolute atomic E-state index is 0.0294. The van der Waals surface area contributed by atoms with Gasteiger partial charge in [-0.15, -0.1) is 0 Å². The van der Waals surface area contributed by atoms with Gasteiger partial charge in [0.1, 0.15) is 11.5 Å². The van der Waals surface area contributed by atoms with Crippen molar-refractivity contribution >= 4 is 5.78 Å². The van der Waals surface area contributed by atoms with Gasteiger partial charge >= 0.3 is 0 Å². The van der Waals surface area contributed by atoms with E-state index < -0.39 is 0 Å². The third-order valence-corrected chi connectivity index (χ3v) is 1.62. The Bertz CT molecular complexity index is 319. The van der Waals surface area contributed by atoms with Crippen LogP contribution in [0.3, 0.4) is 0 Å². The van der Waals surface area contributed by atoms with Crippen LogP contribution in [-0.2, 0) is 0 Å². The first-order chi connectivity index (χ1) is 6.15. The predicted octanol–water partition coefficient (Wildman–Crippen LogP) is 0.663. The summed E-state index contributed by atoms with van der Waals surface area (Å²) < 4.78 is 0. The van der Waals surface area contributed by atoms with Crippen LogP contribution in [-0.4, -0.2) is 27.7 Å². The van der Waals surface area contributed by atoms with Crippen molar-refractivity contribution in [1.82, 2.24) is 0 Å². The molecular formula is C9H10O4. The second-order valence-corrected chi connectivity index (χ2v) is 2.60. The number of hydrogen-bond acceptors (Lipinski definition) is 4. The maximum absolute atomic E-state index is 11.2. The Balaban J connectivity index is 2.95. The van der Waals surface area contributed by atoms with Gasteiger partial charge in [0.05, 0.1) is 12.2 Å². The Labute approximate surface area is 75.1 Å². The molecule has 0 atom stereocenters. The molecule has 0 fully saturated rings. The van der Waals surface area contributed by atoms with E-state index in [1.165, 1.54) is 12.1 Å². The Morgan fingerprint density at radius 2 is 2.00 bits per heavy atom. The highest BCUT2D eigenvalue weighted by molar-refractivity contribution is 5.98. The molecule has 13 heavy (non-hydrogen) atoms. The number of phenols is 2. The third kappa shape index (κ3) is 2.19. The molecule has 0 unspecified atom stereocenters. The normalized spacial score (nSPS) is 9.92. The van der Waals surface area contributed by atoms with Crippen molar-refractivity contribution in [3.8, 4) is 11.5 Å². The molecule has 0 bridgehead atoms. The van der Waals surface area contributed by atoms with Crippen LogP contribution in [0.5, 0.6) is 11.5 Å². The summed E-state index contributed by atoms with van der Waals surface area (Å²) in [7, 11) is 0. The van der Waals surface area contributed by atoms with Gasteiger partial charge in [-0.1, -0.05) is 0 Å². The molecule has 0 aliphatic rings. The Kier molecular flexibility index (Phi) is 2.87. The molecule has 1 aromatic carbocycles. The first kappa shape index (κ1) is 9.54. The summed E-state index contributed by atoms with van der Waals surface area (Å²) in [5, 5.41) is 26.6. The number of rotatable bonds is 3. The van der Waals surface area contributed by atoms with E-state index in [2.05, 4.69) is 0 Å². The fourth-order valence-corrected chi connectivity index (χ4v) is 0.992. The molecule has 1 rings (SSSR count). The molecule has 70 valence electrons. The van der Waals surface area contributed by atoms with E-state index in [1.54, 1.807) is 0 Å². The standard InChI is InChI=1S/C9H10O4/c10-4-3-8(12)7-2-1-6(11)5-9(7)13/h1-2,5,10-11,13H,3-4H2. The minimum atomic E-state index is -0.347. The zero-order chi connectivity index (χ0) is 9.84. The number of phenolic OH excluding ortho intramolecular Hbond substituents is 2. The molecule has 4 heteroatoms. The van der Waals surface area contributed by atoms with Crippen LogP contribution < -0.4 is 0 Å². The molecule has 0 aromatic heterocycles. The SMILES string of the molecule is O=C(CCO)c1ccc(O)cc1O. The molecule has 0 aliphatic carbocycles. The van der Waals surface area contributed by atoms with Crippen LogP contribution in [0.25, 0.3) is 0 Å². The molecule has 0 radical (unpaired) electrons. The van der Waals surface area contributed by atoms with E-state index in [-0.39, 0.29) is 35.9 Å². The van der Waals surface area contributed by atoms with Crippen molar-refractivity contribution in [2.75, 3.05) is 6.61 Å². The van der Waals surface area contributed by atoms with E-state index in [0.717, 1.165) is 6.07 Å². The van der Waals surface area contributed by atoms with Gasteiger partial charge in [-0.25, -0.2) is 0 Å². The highest BCUT2D eigenvalue weighted by Crippen LogP contribution is 2.23. The number of carbonyl (C=O) groups excluding carboxylic acids is 1. The molecule has 0 aliphatic heterocycles. The molecule has 1 aromatic rings. The Morgan fingerprint density at radius 3 is 2.54 bits per heavy atom. The number of benzene rings is 1. The number of aliphatic hydroxyl groups excluding tert-OH is 1. The molecule has 0 saturated heterocycles. The summed E-state index contributed by atoms with van der Waals surface area (Å²) in [5.41, 5.74) is 0.117. The zero-order valence-corrected chi connectivity index (χ0v) is 6.90. The van der Waals surface area contributed by atoms with Gasteiger partial charge in [-0.3, -0.25) is 4.79 Å². The number of Topliss-reactive ketones (excluding diaryl/α,β-unsaturated/α-hetero) is 1. The van der Waals surface area contributed by atoms with Gasteiger partial charge in [-0.05, 0) is 12.1 Å². The lowest BCUT2D eigenvalue weighted by atomic mass is 10.1. The lowest BCUT2D eigenvalue weighted by Crippen LogP contribution is -2.01. The van der Waals surface area contributed by atoms with Gasteiger partial charge < -0.3 is 15.3 Å². The number of ketones is 1. The Morgan fingerprint density at radius 1 is 1.31 bits per heavy atom. The van der Waals surface area contributed by atoms with Crippen molar-refractivity contribution in [3.63, 3.8) is 0 Å². The average Bonchev–Trinajstić information content (AvgIpc) is 2.04. The van der Waals surface area contributed by atoms with Crippen LogP contribution >= 0.6 is 0 Å². The quantitative estimate of drug-likeness (QED) is 0.600. The number of aliphatic hydroxyl groups is 1. The smallest absolute Gasteiger partial charge is 0.168 e. The first-order valence-corrected chi connectivity index (χ1v) is 3.81. The fourth-order valence-electron chi connectivity index (χ4n) is 0.992. The van der Waals surface area contributed by atoms with Crippen LogP contribution in [0.1, 0.15) is 16.8 Å². The molecule has 4 nitrogen and oxygen atoms in total. The summed E-state index contributed by atoms with van der Waals surface area (Å²) in [4.78, 5) is 11.2. The highest BCUT2D eigenvalue weighted by Gasteiger charge is 2.10. The molecule has 3 N–H and O–H groups in total. The van der Waals surface area contributed by atoms with Crippen molar-refractivity contribution in [1.29, 1.82) is 0 Å². The van der Waals surface area contributed by atoms with Gasteiger partial charge in [0.2, 0.25) is 0 Å². The van der Waals surface area contributed by atoms with Gasteiger partial charge in [-0.2, -0.15) is 0 Å². The maximum atomic E-state index is 11.2. The van der Waals surface area contributed by atoms with Crippen LogP contribution in [0.4, 0.5) is 0 Å². The average molecular weight is 182 g/mol. The second-order valence-electron chi connectivity index (χ2n) is 2.60. The zero-order valence-electron chi connectivity index (χ0n) is 6.90. The fraction of sp³-hybridized carbons (Fsp3) is 0.222. The van der Waals surface area contributed by atoms with Crippen molar-refractivity contribution in [3.05, 3.63) is 23.8 Å². The molecule has 0 amide bonds. The van der Waals surface area contributed by atoms with E-state index >= 15 is 0 Å². The maximum Gasteiger partial charge on any atom is 0.168 e. The number of carbonyl (C=O) groups is 1. The number of hydrogen-bond donors (Lipinski definition) is 3. The summed E-state index contributed by atoms with van der Waals surface area (Å²) >= 11 is 0. The largest absolute Gasteiger partial charge is 0.508 e. The van der Waals surface area contributed by atoms with Crippen molar-refractivity contribution < 1.29 is 20.1 Å². The van der Waals surface area contributed by atoms with Crippen LogP contribution in [0, 0.1) is 0 Å². The molecule has 0 spiro atoms. The predicted molar refractivity (Wildman–Crippen MR) is 45.8 cm³/mol. The monoisotopic (exact) mass is 182 g/mol. The first-order valence-electron chi connectivity index (χ1n) is 3.81. The summed E-state index contributed by atoms with van der Waals surface area (Å²) in [6, 6.07) is 3.72. The van der Waals surface area contributed by atoms with Crippen molar-refractivity contribution in [2.24, 2.45) is 0 Å². The molecular weight excluding hydrogens is 172 g/mol. The number of aromatic hydroxyl groups is 2. The summed E-state index contributed by atoms with van der Waals surface area (Å²) in [5.74, 6) is -0.712. The van der Waals surface area contributed by atoms with Gasteiger partial charge in [0.15, 0.2) is 5.78 Å². The molecule has 0 saturated carbocycles. The summed E-state index contributed by atoms with van der Waals surface area (Å²) in [6.45, 7) is -0.251. The second kappa shape index (κ2) is 3.91. The van der Waals surface area contributed by atoms with E-state index in [1.807, 2.05) is 0 Å². The van der Waals surface area contributed by atoms with E-state index in [4.69, 9.17) is 10.2 Å². The lowest BCUT2D eigenvalue weighted by Gasteiger charge is -2.02. The van der Waals surface area contributed by atoms with E-state index in [0.29, 0.717) is 0 Å². The van der Waals surface area contributed by atoms with Gasteiger partial charge in [0.25, 0.3) is 0 Å². The Hall–Kier alpha value is -1.55. The third-order valence-electron chi connectivity index (χ3n) is 1.62. The van der Waals surface area contributed by atoms with Gasteiger partial charge in [0, 0.05) is 12.5 Å². The highest BCUT2D eigenvalue weighted by atomic mass is 16.3. The van der Waals surface area contributed by atoms with Crippen LogP contribution in [0.15, 0.2) is 18.2 Å². The topological polar surface area (TPSA) is 77.8 Å².